The number of methoxy groups -OCH3 is 1. The summed E-state index contributed by atoms with van der Waals surface area (Å²) in [6.07, 6.45) is 4.47. The minimum absolute atomic E-state index is 0.156. The molecule has 0 aromatic carbocycles. The molecule has 0 saturated heterocycles. The van der Waals surface area contributed by atoms with E-state index in [-0.39, 0.29) is 11.6 Å². The molecule has 0 fully saturated rings. The van der Waals surface area contributed by atoms with Gasteiger partial charge in [0.15, 0.2) is 0 Å². The molecule has 4 heteroatoms. The Morgan fingerprint density at radius 1 is 1.44 bits per heavy atom. The van der Waals surface area contributed by atoms with Crippen LogP contribution in [0, 0.1) is 0 Å². The normalized spacial score (nSPS) is 13.6. The fourth-order valence-electron chi connectivity index (χ4n) is 2.57. The standard InChI is InChI=1S/C14H25N3O/c1-5-14(6-2,18-4)12(16-3)10-11-8-7-9-17-13(11)15/h7-9,12,16H,5-6,10H2,1-4H3,(H2,15,17). The average molecular weight is 251 g/mol. The first-order chi connectivity index (χ1) is 8.63. The third kappa shape index (κ3) is 3.00. The van der Waals surface area contributed by atoms with E-state index in [0.29, 0.717) is 5.82 Å². The quantitative estimate of drug-likeness (QED) is 0.778. The van der Waals surface area contributed by atoms with E-state index in [1.165, 1.54) is 0 Å². The molecule has 0 amide bonds. The van der Waals surface area contributed by atoms with Crippen LogP contribution >= 0.6 is 0 Å². The van der Waals surface area contributed by atoms with Crippen LogP contribution in [-0.4, -0.2) is 30.8 Å². The van der Waals surface area contributed by atoms with Crippen LogP contribution in [0.4, 0.5) is 5.82 Å². The zero-order valence-electron chi connectivity index (χ0n) is 11.9. The highest BCUT2D eigenvalue weighted by atomic mass is 16.5. The summed E-state index contributed by atoms with van der Waals surface area (Å²) in [5, 5.41) is 3.36. The second-order valence-electron chi connectivity index (χ2n) is 4.57. The van der Waals surface area contributed by atoms with Crippen LogP contribution in [0.5, 0.6) is 0 Å². The number of nitrogens with zero attached hydrogens (tertiary/aromatic N) is 1. The molecule has 0 aliphatic rings. The molecule has 1 atom stereocenters. The number of hydrogen-bond acceptors (Lipinski definition) is 4. The number of pyridine rings is 1. The predicted molar refractivity (Wildman–Crippen MR) is 75.5 cm³/mol. The molecule has 1 unspecified atom stereocenters. The lowest BCUT2D eigenvalue weighted by atomic mass is 9.84. The maximum Gasteiger partial charge on any atom is 0.126 e. The summed E-state index contributed by atoms with van der Waals surface area (Å²) in [6, 6.07) is 4.17. The molecule has 0 aliphatic carbocycles. The zero-order chi connectivity index (χ0) is 13.6. The van der Waals surface area contributed by atoms with E-state index < -0.39 is 0 Å². The van der Waals surface area contributed by atoms with Crippen LogP contribution in [0.2, 0.25) is 0 Å². The van der Waals surface area contributed by atoms with Crippen molar-refractivity contribution in [2.75, 3.05) is 19.9 Å². The molecule has 1 aromatic heterocycles. The number of aromatic nitrogens is 1. The molecule has 0 spiro atoms. The van der Waals surface area contributed by atoms with E-state index >= 15 is 0 Å². The molecule has 1 rings (SSSR count). The van der Waals surface area contributed by atoms with Crippen molar-refractivity contribution in [3.05, 3.63) is 23.9 Å². The minimum atomic E-state index is -0.156. The fourth-order valence-corrected chi connectivity index (χ4v) is 2.57. The van der Waals surface area contributed by atoms with E-state index in [1.807, 2.05) is 19.2 Å². The molecule has 18 heavy (non-hydrogen) atoms. The molecule has 0 saturated carbocycles. The van der Waals surface area contributed by atoms with Gasteiger partial charge in [-0.3, -0.25) is 0 Å². The molecule has 4 nitrogen and oxygen atoms in total. The lowest BCUT2D eigenvalue weighted by molar-refractivity contribution is -0.0454. The van der Waals surface area contributed by atoms with Gasteiger partial charge in [-0.2, -0.15) is 0 Å². The van der Waals surface area contributed by atoms with Crippen molar-refractivity contribution in [2.45, 2.75) is 44.8 Å². The second kappa shape index (κ2) is 6.71. The summed E-state index contributed by atoms with van der Waals surface area (Å²) < 4.78 is 5.78. The lowest BCUT2D eigenvalue weighted by Crippen LogP contribution is -2.51. The van der Waals surface area contributed by atoms with Crippen molar-refractivity contribution < 1.29 is 4.74 Å². The van der Waals surface area contributed by atoms with Crippen LogP contribution in [0.1, 0.15) is 32.3 Å². The van der Waals surface area contributed by atoms with Crippen molar-refractivity contribution in [3.63, 3.8) is 0 Å². The summed E-state index contributed by atoms with van der Waals surface area (Å²) in [5.41, 5.74) is 6.83. The van der Waals surface area contributed by atoms with Gasteiger partial charge in [0, 0.05) is 19.3 Å². The van der Waals surface area contributed by atoms with E-state index in [2.05, 4.69) is 24.1 Å². The Kier molecular flexibility index (Phi) is 5.56. The van der Waals surface area contributed by atoms with Gasteiger partial charge in [0.2, 0.25) is 0 Å². The van der Waals surface area contributed by atoms with Crippen molar-refractivity contribution in [3.8, 4) is 0 Å². The van der Waals surface area contributed by atoms with Gasteiger partial charge < -0.3 is 15.8 Å². The highest BCUT2D eigenvalue weighted by Crippen LogP contribution is 2.27. The number of nitrogens with two attached hydrogens (primary N) is 1. The number of rotatable bonds is 7. The van der Waals surface area contributed by atoms with Crippen molar-refractivity contribution in [2.24, 2.45) is 0 Å². The molecule has 0 bridgehead atoms. The maximum atomic E-state index is 5.91. The molecular formula is C14H25N3O. The average Bonchev–Trinajstić information content (AvgIpc) is 2.42. The van der Waals surface area contributed by atoms with Gasteiger partial charge in [0.25, 0.3) is 0 Å². The Labute approximate surface area is 110 Å². The van der Waals surface area contributed by atoms with Crippen LogP contribution in [0.3, 0.4) is 0 Å². The highest BCUT2D eigenvalue weighted by Gasteiger charge is 2.35. The number of nitrogen functional groups attached to an aromatic ring is 1. The van der Waals surface area contributed by atoms with Gasteiger partial charge in [-0.05, 0) is 37.9 Å². The van der Waals surface area contributed by atoms with E-state index in [1.54, 1.807) is 13.3 Å². The van der Waals surface area contributed by atoms with Crippen molar-refractivity contribution in [1.82, 2.24) is 10.3 Å². The highest BCUT2D eigenvalue weighted by molar-refractivity contribution is 5.39. The van der Waals surface area contributed by atoms with Crippen LogP contribution < -0.4 is 11.1 Å². The van der Waals surface area contributed by atoms with Crippen molar-refractivity contribution in [1.29, 1.82) is 0 Å². The first kappa shape index (κ1) is 14.9. The number of nitrogens with one attached hydrogen (secondary N) is 1. The Hall–Kier alpha value is -1.13. The Bertz CT molecular complexity index is 356. The van der Waals surface area contributed by atoms with Crippen LogP contribution in [0.25, 0.3) is 0 Å². The first-order valence-corrected chi connectivity index (χ1v) is 6.55. The lowest BCUT2D eigenvalue weighted by Gasteiger charge is -2.38. The largest absolute Gasteiger partial charge is 0.383 e. The summed E-state index contributed by atoms with van der Waals surface area (Å²) in [5.74, 6) is 0.606. The van der Waals surface area contributed by atoms with Crippen LogP contribution in [-0.2, 0) is 11.2 Å². The minimum Gasteiger partial charge on any atom is -0.383 e. The zero-order valence-corrected chi connectivity index (χ0v) is 11.9. The second-order valence-corrected chi connectivity index (χ2v) is 4.57. The van der Waals surface area contributed by atoms with Gasteiger partial charge in [-0.15, -0.1) is 0 Å². The molecule has 0 radical (unpaired) electrons. The van der Waals surface area contributed by atoms with Gasteiger partial charge in [0.05, 0.1) is 5.60 Å². The molecule has 102 valence electrons. The summed E-state index contributed by atoms with van der Waals surface area (Å²) >= 11 is 0. The Balaban J connectivity index is 2.94. The molecular weight excluding hydrogens is 226 g/mol. The van der Waals surface area contributed by atoms with E-state index in [0.717, 1.165) is 24.8 Å². The fraction of sp³-hybridized carbons (Fsp3) is 0.643. The molecule has 0 aliphatic heterocycles. The summed E-state index contributed by atoms with van der Waals surface area (Å²) in [7, 11) is 3.75. The predicted octanol–water partition coefficient (Wildman–Crippen LogP) is 2.00. The number of likely N-dealkylation sites (N-methyl/N-ethyl adjacent to an activating group) is 1. The SMILES string of the molecule is CCC(CC)(OC)C(Cc1cccnc1N)NC. The van der Waals surface area contributed by atoms with Gasteiger partial charge in [-0.1, -0.05) is 19.9 Å². The first-order valence-electron chi connectivity index (χ1n) is 6.55. The number of anilines is 1. The van der Waals surface area contributed by atoms with Crippen LogP contribution in [0.15, 0.2) is 18.3 Å². The molecule has 1 aromatic rings. The Morgan fingerprint density at radius 2 is 2.11 bits per heavy atom. The third-order valence-electron chi connectivity index (χ3n) is 3.94. The third-order valence-corrected chi connectivity index (χ3v) is 3.94. The molecule has 3 N–H and O–H groups in total. The topological polar surface area (TPSA) is 60.2 Å². The van der Waals surface area contributed by atoms with Gasteiger partial charge in [-0.25, -0.2) is 4.98 Å². The van der Waals surface area contributed by atoms with Gasteiger partial charge in [0.1, 0.15) is 5.82 Å². The monoisotopic (exact) mass is 251 g/mol. The van der Waals surface area contributed by atoms with Crippen molar-refractivity contribution >= 4 is 5.82 Å². The summed E-state index contributed by atoms with van der Waals surface area (Å²) in [6.45, 7) is 4.31. The van der Waals surface area contributed by atoms with E-state index in [9.17, 15) is 0 Å². The smallest absolute Gasteiger partial charge is 0.126 e. The maximum absolute atomic E-state index is 5.91. The Morgan fingerprint density at radius 3 is 2.56 bits per heavy atom. The number of ether oxygens (including phenoxy) is 1. The summed E-state index contributed by atoms with van der Waals surface area (Å²) in [4.78, 5) is 4.14. The van der Waals surface area contributed by atoms with E-state index in [4.69, 9.17) is 10.5 Å². The van der Waals surface area contributed by atoms with Gasteiger partial charge >= 0.3 is 0 Å². The number of hydrogen-bond donors (Lipinski definition) is 2. The molecule has 1 heterocycles.